The van der Waals surface area contributed by atoms with Crippen LogP contribution in [0.2, 0.25) is 0 Å². The smallest absolute Gasteiger partial charge is 0.237 e. The summed E-state index contributed by atoms with van der Waals surface area (Å²) < 4.78 is 5.48. The molecule has 136 valence electrons. The molecule has 4 fully saturated rings. The SMILES string of the molecule is C[C@H](C1CC1)N(C(=O)CN1CCN(C2CCOCC2)CC1)C1CC1. The molecule has 4 aliphatic rings. The Hall–Kier alpha value is -0.650. The fourth-order valence-corrected chi connectivity index (χ4v) is 4.53. The third-order valence-corrected chi connectivity index (χ3v) is 6.44. The van der Waals surface area contributed by atoms with E-state index >= 15 is 0 Å². The molecule has 2 saturated carbocycles. The highest BCUT2D eigenvalue weighted by Gasteiger charge is 2.42. The molecule has 0 aromatic heterocycles. The van der Waals surface area contributed by atoms with Gasteiger partial charge in [0.05, 0.1) is 6.54 Å². The Kier molecular flexibility index (Phi) is 5.11. The van der Waals surface area contributed by atoms with Gasteiger partial charge >= 0.3 is 0 Å². The second kappa shape index (κ2) is 7.30. The van der Waals surface area contributed by atoms with Gasteiger partial charge in [0.1, 0.15) is 0 Å². The number of rotatable bonds is 6. The van der Waals surface area contributed by atoms with Crippen molar-refractivity contribution in [2.45, 2.75) is 63.6 Å². The van der Waals surface area contributed by atoms with Gasteiger partial charge in [0, 0.05) is 57.5 Å². The minimum absolute atomic E-state index is 0.386. The second-order valence-electron chi connectivity index (χ2n) is 8.27. The summed E-state index contributed by atoms with van der Waals surface area (Å²) in [6, 6.07) is 1.72. The molecule has 24 heavy (non-hydrogen) atoms. The number of amides is 1. The van der Waals surface area contributed by atoms with Crippen LogP contribution in [0.3, 0.4) is 0 Å². The van der Waals surface area contributed by atoms with E-state index in [0.29, 0.717) is 30.6 Å². The summed E-state index contributed by atoms with van der Waals surface area (Å²) in [5.41, 5.74) is 0. The van der Waals surface area contributed by atoms with Crippen LogP contribution in [-0.2, 0) is 9.53 Å². The van der Waals surface area contributed by atoms with Gasteiger partial charge in [-0.15, -0.1) is 0 Å². The van der Waals surface area contributed by atoms with Gasteiger partial charge in [-0.3, -0.25) is 14.6 Å². The number of carbonyl (C=O) groups is 1. The van der Waals surface area contributed by atoms with E-state index in [2.05, 4.69) is 21.6 Å². The molecule has 4 rings (SSSR count). The molecule has 2 aliphatic carbocycles. The van der Waals surface area contributed by atoms with Crippen LogP contribution in [0.4, 0.5) is 0 Å². The Morgan fingerprint density at radius 1 is 1.04 bits per heavy atom. The lowest BCUT2D eigenvalue weighted by atomic mass is 10.1. The Bertz CT molecular complexity index is 436. The Morgan fingerprint density at radius 2 is 1.71 bits per heavy atom. The molecule has 0 radical (unpaired) electrons. The molecule has 0 unspecified atom stereocenters. The van der Waals surface area contributed by atoms with E-state index in [9.17, 15) is 4.79 Å². The molecule has 1 atom stereocenters. The third-order valence-electron chi connectivity index (χ3n) is 6.44. The molecule has 5 heteroatoms. The maximum Gasteiger partial charge on any atom is 0.237 e. The third kappa shape index (κ3) is 3.94. The molecule has 2 aliphatic heterocycles. The molecular weight excluding hydrogens is 302 g/mol. The van der Waals surface area contributed by atoms with Gasteiger partial charge < -0.3 is 9.64 Å². The zero-order chi connectivity index (χ0) is 16.5. The van der Waals surface area contributed by atoms with Crippen molar-refractivity contribution in [3.05, 3.63) is 0 Å². The van der Waals surface area contributed by atoms with Gasteiger partial charge in [0.25, 0.3) is 0 Å². The van der Waals surface area contributed by atoms with Crippen LogP contribution < -0.4 is 0 Å². The Morgan fingerprint density at radius 3 is 2.29 bits per heavy atom. The second-order valence-corrected chi connectivity index (χ2v) is 8.27. The number of carbonyl (C=O) groups excluding carboxylic acids is 1. The fraction of sp³-hybridized carbons (Fsp3) is 0.947. The number of ether oxygens (including phenoxy) is 1. The van der Waals surface area contributed by atoms with E-state index in [1.54, 1.807) is 0 Å². The molecule has 1 amide bonds. The van der Waals surface area contributed by atoms with Gasteiger partial charge in [0.15, 0.2) is 0 Å². The minimum Gasteiger partial charge on any atom is -0.381 e. The Balaban J connectivity index is 1.25. The molecule has 0 aromatic rings. The standard InChI is InChI=1S/C19H33N3O2/c1-15(16-2-3-16)22(18-4-5-18)19(23)14-20-8-10-21(11-9-20)17-6-12-24-13-7-17/h15-18H,2-14H2,1H3/t15-/m1/s1. The van der Waals surface area contributed by atoms with E-state index < -0.39 is 0 Å². The maximum absolute atomic E-state index is 12.9. The van der Waals surface area contributed by atoms with Crippen LogP contribution in [0.25, 0.3) is 0 Å². The summed E-state index contributed by atoms with van der Waals surface area (Å²) in [6.07, 6.45) is 7.43. The molecule has 2 heterocycles. The van der Waals surface area contributed by atoms with E-state index in [0.717, 1.165) is 45.3 Å². The summed E-state index contributed by atoms with van der Waals surface area (Å²) in [7, 11) is 0. The van der Waals surface area contributed by atoms with E-state index in [1.165, 1.54) is 38.5 Å². The van der Waals surface area contributed by atoms with Gasteiger partial charge in [-0.1, -0.05) is 0 Å². The van der Waals surface area contributed by atoms with Crippen LogP contribution in [0.5, 0.6) is 0 Å². The molecule has 5 nitrogen and oxygen atoms in total. The first-order valence-electron chi connectivity index (χ1n) is 10.1. The highest BCUT2D eigenvalue weighted by Crippen LogP contribution is 2.39. The van der Waals surface area contributed by atoms with Gasteiger partial charge in [-0.25, -0.2) is 0 Å². The van der Waals surface area contributed by atoms with Crippen molar-refractivity contribution in [2.75, 3.05) is 45.9 Å². The van der Waals surface area contributed by atoms with Crippen molar-refractivity contribution in [3.8, 4) is 0 Å². The van der Waals surface area contributed by atoms with Crippen molar-refractivity contribution in [1.29, 1.82) is 0 Å². The van der Waals surface area contributed by atoms with Crippen molar-refractivity contribution in [1.82, 2.24) is 14.7 Å². The van der Waals surface area contributed by atoms with Crippen LogP contribution in [0.1, 0.15) is 45.4 Å². The summed E-state index contributed by atoms with van der Waals surface area (Å²) in [5, 5.41) is 0. The lowest BCUT2D eigenvalue weighted by Crippen LogP contribution is -2.54. The monoisotopic (exact) mass is 335 g/mol. The number of hydrogen-bond acceptors (Lipinski definition) is 4. The van der Waals surface area contributed by atoms with E-state index in [1.807, 2.05) is 0 Å². The number of piperazine rings is 1. The summed E-state index contributed by atoms with van der Waals surface area (Å²) in [5.74, 6) is 1.16. The highest BCUT2D eigenvalue weighted by atomic mass is 16.5. The first-order valence-corrected chi connectivity index (χ1v) is 10.1. The first-order chi connectivity index (χ1) is 11.7. The van der Waals surface area contributed by atoms with Crippen LogP contribution in [0.15, 0.2) is 0 Å². The molecule has 0 aromatic carbocycles. The lowest BCUT2D eigenvalue weighted by molar-refractivity contribution is -0.136. The lowest BCUT2D eigenvalue weighted by Gasteiger charge is -2.41. The zero-order valence-electron chi connectivity index (χ0n) is 15.2. The predicted molar refractivity (Wildman–Crippen MR) is 93.9 cm³/mol. The van der Waals surface area contributed by atoms with Crippen LogP contribution >= 0.6 is 0 Å². The van der Waals surface area contributed by atoms with Crippen molar-refractivity contribution in [2.24, 2.45) is 5.92 Å². The van der Waals surface area contributed by atoms with Crippen LogP contribution in [0, 0.1) is 5.92 Å². The van der Waals surface area contributed by atoms with Crippen molar-refractivity contribution >= 4 is 5.91 Å². The molecule has 2 saturated heterocycles. The van der Waals surface area contributed by atoms with Gasteiger partial charge in [-0.05, 0) is 51.4 Å². The van der Waals surface area contributed by atoms with E-state index in [-0.39, 0.29) is 0 Å². The average Bonchev–Trinajstić information content (AvgIpc) is 3.48. The van der Waals surface area contributed by atoms with Gasteiger partial charge in [0.2, 0.25) is 5.91 Å². The quantitative estimate of drug-likeness (QED) is 0.738. The van der Waals surface area contributed by atoms with Crippen LogP contribution in [-0.4, -0.2) is 84.7 Å². The van der Waals surface area contributed by atoms with Crippen molar-refractivity contribution < 1.29 is 9.53 Å². The summed E-state index contributed by atoms with van der Waals surface area (Å²) >= 11 is 0. The topological polar surface area (TPSA) is 36.0 Å². The maximum atomic E-state index is 12.9. The fourth-order valence-electron chi connectivity index (χ4n) is 4.53. The molecule has 0 N–H and O–H groups in total. The summed E-state index contributed by atoms with van der Waals surface area (Å²) in [6.45, 7) is 9.04. The summed E-state index contributed by atoms with van der Waals surface area (Å²) in [4.78, 5) is 20.2. The Labute approximate surface area is 146 Å². The number of hydrogen-bond donors (Lipinski definition) is 0. The molecule has 0 spiro atoms. The van der Waals surface area contributed by atoms with Gasteiger partial charge in [-0.2, -0.15) is 0 Å². The normalized spacial score (nSPS) is 28.7. The predicted octanol–water partition coefficient (Wildman–Crippen LogP) is 1.57. The van der Waals surface area contributed by atoms with Crippen molar-refractivity contribution in [3.63, 3.8) is 0 Å². The zero-order valence-corrected chi connectivity index (χ0v) is 15.2. The largest absolute Gasteiger partial charge is 0.381 e. The highest BCUT2D eigenvalue weighted by molar-refractivity contribution is 5.79. The average molecular weight is 335 g/mol. The van der Waals surface area contributed by atoms with E-state index in [4.69, 9.17) is 4.74 Å². The molecular formula is C19H33N3O2. The number of nitrogens with zero attached hydrogens (tertiary/aromatic N) is 3. The molecule has 0 bridgehead atoms. The first kappa shape index (κ1) is 16.8. The minimum atomic E-state index is 0.386.